The number of carbonyl (C=O) groups excluding carboxylic acids is 1. The molecule has 1 atom stereocenters. The molecule has 0 radical (unpaired) electrons. The highest BCUT2D eigenvalue weighted by Crippen LogP contribution is 2.40. The summed E-state index contributed by atoms with van der Waals surface area (Å²) in [5, 5.41) is 0. The van der Waals surface area contributed by atoms with Crippen LogP contribution in [0.5, 0.6) is 0 Å². The van der Waals surface area contributed by atoms with E-state index in [9.17, 15) is 4.79 Å². The van der Waals surface area contributed by atoms with Crippen molar-refractivity contribution in [1.82, 2.24) is 4.98 Å². The Kier molecular flexibility index (Phi) is 22.1. The third-order valence-corrected chi connectivity index (χ3v) is 10.6. The molecule has 4 rings (SSSR count). The predicted octanol–water partition coefficient (Wildman–Crippen LogP) is 13.5. The van der Waals surface area contributed by atoms with Gasteiger partial charge in [0.25, 0.3) is 0 Å². The summed E-state index contributed by atoms with van der Waals surface area (Å²) in [6, 6.07) is 36.0. The molecule has 0 aliphatic rings. The van der Waals surface area contributed by atoms with Crippen molar-refractivity contribution in [2.45, 2.75) is 147 Å². The lowest BCUT2D eigenvalue weighted by Crippen LogP contribution is -2.38. The zero-order chi connectivity index (χ0) is 38.5. The second kappa shape index (κ2) is 27.7. The van der Waals surface area contributed by atoms with Gasteiger partial charge in [0.1, 0.15) is 17.4 Å². The molecule has 0 bridgehead atoms. The third-order valence-electron chi connectivity index (χ3n) is 10.6. The number of hydrogen-bond acceptors (Lipinski definition) is 5. The van der Waals surface area contributed by atoms with Gasteiger partial charge in [0.2, 0.25) is 0 Å². The van der Waals surface area contributed by atoms with E-state index in [1.807, 2.05) is 54.6 Å². The minimum atomic E-state index is -0.924. The van der Waals surface area contributed by atoms with Crippen LogP contribution in [-0.4, -0.2) is 36.9 Å². The molecule has 0 N–H and O–H groups in total. The molecule has 1 heterocycles. The summed E-state index contributed by atoms with van der Waals surface area (Å²) < 4.78 is 19.2. The molecule has 0 saturated carbocycles. The van der Waals surface area contributed by atoms with E-state index in [1.54, 1.807) is 24.4 Å². The number of aromatic nitrogens is 1. The average molecular weight is 748 g/mol. The van der Waals surface area contributed by atoms with Crippen LogP contribution < -0.4 is 0 Å². The van der Waals surface area contributed by atoms with Crippen molar-refractivity contribution >= 4 is 5.97 Å². The fraction of sp³-hybridized carbons (Fsp3) is 0.520. The molecular formula is C50H69NO4. The van der Waals surface area contributed by atoms with Gasteiger partial charge in [-0.2, -0.15) is 0 Å². The molecule has 298 valence electrons. The minimum absolute atomic E-state index is 0.135. The number of esters is 1. The topological polar surface area (TPSA) is 57.7 Å². The van der Waals surface area contributed by atoms with Crippen LogP contribution in [-0.2, 0) is 19.8 Å². The Balaban J connectivity index is 1.18. The number of ether oxygens (including phenoxy) is 3. The first-order valence-corrected chi connectivity index (χ1v) is 21.7. The molecule has 0 fully saturated rings. The van der Waals surface area contributed by atoms with Gasteiger partial charge in [-0.15, -0.1) is 0 Å². The number of rotatable bonds is 31. The summed E-state index contributed by atoms with van der Waals surface area (Å²) in [6.45, 7) is 3.29. The van der Waals surface area contributed by atoms with Crippen LogP contribution in [0.1, 0.15) is 163 Å². The average Bonchev–Trinajstić information content (AvgIpc) is 3.24. The monoisotopic (exact) mass is 748 g/mol. The Hall–Kier alpha value is -3.80. The summed E-state index contributed by atoms with van der Waals surface area (Å²) in [5.74, 6) is -0.485. The van der Waals surface area contributed by atoms with E-state index >= 15 is 0 Å². The van der Waals surface area contributed by atoms with Gasteiger partial charge in [-0.05, 0) is 35.2 Å². The molecular weight excluding hydrogens is 679 g/mol. The zero-order valence-corrected chi connectivity index (χ0v) is 33.9. The lowest BCUT2D eigenvalue weighted by molar-refractivity contribution is -0.0739. The molecule has 55 heavy (non-hydrogen) atoms. The Morgan fingerprint density at radius 2 is 0.909 bits per heavy atom. The van der Waals surface area contributed by atoms with Gasteiger partial charge >= 0.3 is 5.97 Å². The molecule has 0 unspecified atom stereocenters. The van der Waals surface area contributed by atoms with E-state index in [4.69, 9.17) is 14.2 Å². The minimum Gasteiger partial charge on any atom is -0.453 e. The molecule has 4 aromatic rings. The van der Waals surface area contributed by atoms with Crippen molar-refractivity contribution in [2.24, 2.45) is 0 Å². The number of benzene rings is 3. The molecule has 5 nitrogen and oxygen atoms in total. The fourth-order valence-corrected chi connectivity index (χ4v) is 7.47. The van der Waals surface area contributed by atoms with Crippen molar-refractivity contribution in [2.75, 3.05) is 19.8 Å². The zero-order valence-electron chi connectivity index (χ0n) is 33.9. The summed E-state index contributed by atoms with van der Waals surface area (Å²) in [5.41, 5.74) is 2.32. The Morgan fingerprint density at radius 1 is 0.509 bits per heavy atom. The van der Waals surface area contributed by atoms with E-state index in [-0.39, 0.29) is 18.9 Å². The highest BCUT2D eigenvalue weighted by atomic mass is 16.6. The maximum Gasteiger partial charge on any atom is 0.357 e. The third kappa shape index (κ3) is 16.5. The summed E-state index contributed by atoms with van der Waals surface area (Å²) in [4.78, 5) is 17.4. The first-order valence-electron chi connectivity index (χ1n) is 21.7. The normalized spacial score (nSPS) is 12.1. The van der Waals surface area contributed by atoms with Crippen LogP contribution in [0.2, 0.25) is 0 Å². The van der Waals surface area contributed by atoms with Crippen LogP contribution in [0, 0.1) is 0 Å². The maximum atomic E-state index is 13.2. The highest BCUT2D eigenvalue weighted by molar-refractivity contribution is 5.87. The van der Waals surface area contributed by atoms with Crippen molar-refractivity contribution < 1.29 is 19.0 Å². The molecule has 0 spiro atoms. The van der Waals surface area contributed by atoms with Crippen molar-refractivity contribution in [1.29, 1.82) is 0 Å². The molecule has 5 heteroatoms. The number of pyridine rings is 1. The molecule has 1 aromatic heterocycles. The maximum absolute atomic E-state index is 13.2. The Bertz CT molecular complexity index is 1400. The highest BCUT2D eigenvalue weighted by Gasteiger charge is 2.38. The molecule has 3 aromatic carbocycles. The second-order valence-corrected chi connectivity index (χ2v) is 15.1. The number of hydrogen-bond donors (Lipinski definition) is 0. The molecule has 0 amide bonds. The standard InChI is InChI=1S/C50H69NO4/c1-2-3-4-5-6-7-8-9-10-11-12-13-14-15-16-17-18-19-20-32-41-53-42-47(55-49(52)48-39-30-31-40-51-48)43-54-50(44-33-24-21-25-34-44,45-35-26-22-27-36-45)46-37-28-23-29-38-46/h21-31,33-40,47H,2-20,32,41-43H2,1H3/t47-/m1/s1. The Labute approximate surface area is 333 Å². The summed E-state index contributed by atoms with van der Waals surface area (Å²) >= 11 is 0. The van der Waals surface area contributed by atoms with E-state index in [0.717, 1.165) is 29.5 Å². The number of unbranched alkanes of at least 4 members (excludes halogenated alkanes) is 19. The molecule has 0 saturated heterocycles. The largest absolute Gasteiger partial charge is 0.453 e. The van der Waals surface area contributed by atoms with E-state index in [0.29, 0.717) is 6.61 Å². The Morgan fingerprint density at radius 3 is 1.31 bits per heavy atom. The smallest absolute Gasteiger partial charge is 0.357 e. The quantitative estimate of drug-likeness (QED) is 0.0291. The van der Waals surface area contributed by atoms with Crippen LogP contribution in [0.3, 0.4) is 0 Å². The van der Waals surface area contributed by atoms with Gasteiger partial charge in [-0.3, -0.25) is 0 Å². The SMILES string of the molecule is CCCCCCCCCCCCCCCCCCCCCCOC[C@H](COC(c1ccccc1)(c1ccccc1)c1ccccc1)OC(=O)c1ccccn1. The first kappa shape index (κ1) is 43.9. The van der Waals surface area contributed by atoms with Crippen LogP contribution >= 0.6 is 0 Å². The lowest BCUT2D eigenvalue weighted by Gasteiger charge is -2.37. The first-order chi connectivity index (χ1) is 27.2. The van der Waals surface area contributed by atoms with Crippen LogP contribution in [0.4, 0.5) is 0 Å². The van der Waals surface area contributed by atoms with Crippen LogP contribution in [0.15, 0.2) is 115 Å². The van der Waals surface area contributed by atoms with E-state index < -0.39 is 17.7 Å². The van der Waals surface area contributed by atoms with Gasteiger partial charge < -0.3 is 14.2 Å². The molecule has 0 aliphatic carbocycles. The predicted molar refractivity (Wildman–Crippen MR) is 227 cm³/mol. The molecule has 0 aliphatic heterocycles. The van der Waals surface area contributed by atoms with Gasteiger partial charge in [0.05, 0.1) is 13.2 Å². The van der Waals surface area contributed by atoms with Crippen molar-refractivity contribution in [3.05, 3.63) is 138 Å². The summed E-state index contributed by atoms with van der Waals surface area (Å²) in [7, 11) is 0. The van der Waals surface area contributed by atoms with Gasteiger partial charge in [0.15, 0.2) is 0 Å². The van der Waals surface area contributed by atoms with Crippen molar-refractivity contribution in [3.63, 3.8) is 0 Å². The second-order valence-electron chi connectivity index (χ2n) is 15.1. The van der Waals surface area contributed by atoms with E-state index in [1.165, 1.54) is 116 Å². The summed E-state index contributed by atoms with van der Waals surface area (Å²) in [6.07, 6.45) is 28.1. The fourth-order valence-electron chi connectivity index (χ4n) is 7.47. The van der Waals surface area contributed by atoms with E-state index in [2.05, 4.69) is 48.3 Å². The van der Waals surface area contributed by atoms with Crippen molar-refractivity contribution in [3.8, 4) is 0 Å². The van der Waals surface area contributed by atoms with Gasteiger partial charge in [-0.25, -0.2) is 9.78 Å². The van der Waals surface area contributed by atoms with Gasteiger partial charge in [-0.1, -0.05) is 226 Å². The lowest BCUT2D eigenvalue weighted by atomic mass is 9.80. The number of nitrogens with zero attached hydrogens (tertiary/aromatic N) is 1. The number of carbonyl (C=O) groups is 1. The van der Waals surface area contributed by atoms with Gasteiger partial charge in [0, 0.05) is 12.8 Å². The van der Waals surface area contributed by atoms with Crippen LogP contribution in [0.25, 0.3) is 0 Å².